The van der Waals surface area contributed by atoms with Crippen molar-refractivity contribution < 1.29 is 9.66 Å². The van der Waals surface area contributed by atoms with E-state index in [-0.39, 0.29) is 11.5 Å². The number of benzene rings is 2. The molecule has 2 aromatic rings. The fourth-order valence-corrected chi connectivity index (χ4v) is 1.91. The number of amidine groups is 1. The Morgan fingerprint density at radius 2 is 1.81 bits per heavy atom. The van der Waals surface area contributed by atoms with Gasteiger partial charge in [-0.15, -0.1) is 0 Å². The van der Waals surface area contributed by atoms with Gasteiger partial charge in [0.15, 0.2) is 0 Å². The summed E-state index contributed by atoms with van der Waals surface area (Å²) < 4.78 is 5.73. The van der Waals surface area contributed by atoms with Crippen LogP contribution >= 0.6 is 0 Å². The number of nitro groups is 1. The van der Waals surface area contributed by atoms with Gasteiger partial charge in [0, 0.05) is 17.2 Å². The molecule has 2 rings (SSSR count). The smallest absolute Gasteiger partial charge is 0.272 e. The van der Waals surface area contributed by atoms with Crippen LogP contribution in [-0.4, -0.2) is 10.8 Å². The first-order chi connectivity index (χ1) is 9.88. The summed E-state index contributed by atoms with van der Waals surface area (Å²) in [6.07, 6.45) is 0. The van der Waals surface area contributed by atoms with Crippen LogP contribution in [0.5, 0.6) is 11.5 Å². The van der Waals surface area contributed by atoms with Crippen LogP contribution in [0.25, 0.3) is 0 Å². The van der Waals surface area contributed by atoms with Gasteiger partial charge < -0.3 is 10.5 Å². The number of nitrogens with two attached hydrogens (primary N) is 1. The van der Waals surface area contributed by atoms with Crippen molar-refractivity contribution in [3.8, 4) is 11.5 Å². The van der Waals surface area contributed by atoms with Crippen LogP contribution in [-0.2, 0) is 0 Å². The Bertz CT molecular complexity index is 709. The fraction of sp³-hybridized carbons (Fsp3) is 0.133. The Balaban J connectivity index is 2.29. The first kappa shape index (κ1) is 14.5. The standard InChI is InChI=1S/C15H15N3O3/c1-9-8-14(10(2)7-13(9)18(19)20)21-12-5-3-11(4-6-12)15(16)17/h3-8H,1-2H3,(H3,16,17). The molecular weight excluding hydrogens is 270 g/mol. The van der Waals surface area contributed by atoms with Crippen LogP contribution in [0.2, 0.25) is 0 Å². The van der Waals surface area contributed by atoms with Crippen LogP contribution < -0.4 is 10.5 Å². The van der Waals surface area contributed by atoms with E-state index in [1.807, 2.05) is 0 Å². The number of nitro benzene ring substituents is 1. The first-order valence-corrected chi connectivity index (χ1v) is 6.26. The lowest BCUT2D eigenvalue weighted by atomic mass is 10.1. The van der Waals surface area contributed by atoms with Crippen molar-refractivity contribution in [1.82, 2.24) is 0 Å². The highest BCUT2D eigenvalue weighted by Gasteiger charge is 2.14. The molecule has 0 heterocycles. The molecule has 0 aliphatic rings. The molecule has 0 amide bonds. The van der Waals surface area contributed by atoms with E-state index < -0.39 is 4.92 Å². The molecule has 21 heavy (non-hydrogen) atoms. The van der Waals surface area contributed by atoms with E-state index in [0.29, 0.717) is 28.2 Å². The maximum Gasteiger partial charge on any atom is 0.272 e. The monoisotopic (exact) mass is 285 g/mol. The quantitative estimate of drug-likeness (QED) is 0.389. The lowest BCUT2D eigenvalue weighted by molar-refractivity contribution is -0.385. The molecule has 3 N–H and O–H groups in total. The summed E-state index contributed by atoms with van der Waals surface area (Å²) in [6, 6.07) is 9.91. The van der Waals surface area contributed by atoms with Crippen molar-refractivity contribution in [2.75, 3.05) is 0 Å². The van der Waals surface area contributed by atoms with Crippen molar-refractivity contribution in [2.45, 2.75) is 13.8 Å². The van der Waals surface area contributed by atoms with Crippen LogP contribution in [0, 0.1) is 29.4 Å². The van der Waals surface area contributed by atoms with Gasteiger partial charge in [0.25, 0.3) is 5.69 Å². The Morgan fingerprint density at radius 1 is 1.19 bits per heavy atom. The van der Waals surface area contributed by atoms with Crippen LogP contribution in [0.15, 0.2) is 36.4 Å². The number of nitrogens with zero attached hydrogens (tertiary/aromatic N) is 1. The molecule has 0 spiro atoms. The number of nitrogens with one attached hydrogen (secondary N) is 1. The van der Waals surface area contributed by atoms with Crippen molar-refractivity contribution in [2.24, 2.45) is 5.73 Å². The molecule has 0 saturated carbocycles. The first-order valence-electron chi connectivity index (χ1n) is 6.26. The van der Waals surface area contributed by atoms with Crippen molar-refractivity contribution in [3.63, 3.8) is 0 Å². The normalized spacial score (nSPS) is 10.2. The van der Waals surface area contributed by atoms with E-state index in [0.717, 1.165) is 0 Å². The topological polar surface area (TPSA) is 102 Å². The molecule has 6 nitrogen and oxygen atoms in total. The Hall–Kier alpha value is -2.89. The van der Waals surface area contributed by atoms with Crippen molar-refractivity contribution >= 4 is 11.5 Å². The fourth-order valence-electron chi connectivity index (χ4n) is 1.91. The highest BCUT2D eigenvalue weighted by molar-refractivity contribution is 5.94. The predicted molar refractivity (Wildman–Crippen MR) is 80.1 cm³/mol. The Labute approximate surface area is 121 Å². The molecule has 0 aliphatic carbocycles. The summed E-state index contributed by atoms with van der Waals surface area (Å²) >= 11 is 0. The van der Waals surface area contributed by atoms with Gasteiger partial charge in [-0.2, -0.15) is 0 Å². The van der Waals surface area contributed by atoms with E-state index >= 15 is 0 Å². The lowest BCUT2D eigenvalue weighted by Gasteiger charge is -2.10. The molecule has 0 aromatic heterocycles. The lowest BCUT2D eigenvalue weighted by Crippen LogP contribution is -2.10. The van der Waals surface area contributed by atoms with E-state index in [1.165, 1.54) is 6.07 Å². The van der Waals surface area contributed by atoms with Gasteiger partial charge in [0.2, 0.25) is 0 Å². The third-order valence-corrected chi connectivity index (χ3v) is 3.08. The predicted octanol–water partition coefficient (Wildman–Crippen LogP) is 3.29. The van der Waals surface area contributed by atoms with Gasteiger partial charge in [0.1, 0.15) is 17.3 Å². The largest absolute Gasteiger partial charge is 0.457 e. The van der Waals surface area contributed by atoms with E-state index in [9.17, 15) is 10.1 Å². The molecule has 0 bridgehead atoms. The molecule has 108 valence electrons. The van der Waals surface area contributed by atoms with E-state index in [2.05, 4.69) is 0 Å². The van der Waals surface area contributed by atoms with Gasteiger partial charge in [-0.05, 0) is 49.7 Å². The molecule has 0 aliphatic heterocycles. The average molecular weight is 285 g/mol. The number of rotatable bonds is 4. The molecule has 0 atom stereocenters. The number of nitrogen functional groups attached to an aromatic ring is 1. The van der Waals surface area contributed by atoms with E-state index in [4.69, 9.17) is 15.9 Å². The maximum absolute atomic E-state index is 10.9. The summed E-state index contributed by atoms with van der Waals surface area (Å²) in [7, 11) is 0. The van der Waals surface area contributed by atoms with Gasteiger partial charge >= 0.3 is 0 Å². The molecular formula is C15H15N3O3. The second-order valence-electron chi connectivity index (χ2n) is 4.70. The molecule has 0 radical (unpaired) electrons. The number of ether oxygens (including phenoxy) is 1. The molecule has 0 saturated heterocycles. The highest BCUT2D eigenvalue weighted by atomic mass is 16.6. The zero-order valence-electron chi connectivity index (χ0n) is 11.7. The second-order valence-corrected chi connectivity index (χ2v) is 4.70. The summed E-state index contributed by atoms with van der Waals surface area (Å²) in [5.74, 6) is 1.13. The third-order valence-electron chi connectivity index (χ3n) is 3.08. The van der Waals surface area contributed by atoms with Gasteiger partial charge in [-0.25, -0.2) is 0 Å². The Kier molecular flexibility index (Phi) is 3.89. The number of hydrogen-bond acceptors (Lipinski definition) is 4. The second kappa shape index (κ2) is 5.62. The minimum Gasteiger partial charge on any atom is -0.457 e. The van der Waals surface area contributed by atoms with Crippen molar-refractivity contribution in [3.05, 3.63) is 63.2 Å². The SMILES string of the molecule is Cc1cc([N+](=O)[O-])c(C)cc1Oc1ccc(C(=N)N)cc1. The van der Waals surface area contributed by atoms with Crippen LogP contribution in [0.3, 0.4) is 0 Å². The number of aryl methyl sites for hydroxylation is 2. The Morgan fingerprint density at radius 3 is 2.33 bits per heavy atom. The molecule has 0 unspecified atom stereocenters. The number of hydrogen-bond donors (Lipinski definition) is 2. The minimum absolute atomic E-state index is 0.0103. The van der Waals surface area contributed by atoms with Gasteiger partial charge in [-0.1, -0.05) is 0 Å². The summed E-state index contributed by atoms with van der Waals surface area (Å²) in [4.78, 5) is 10.5. The van der Waals surface area contributed by atoms with Crippen LogP contribution in [0.1, 0.15) is 16.7 Å². The van der Waals surface area contributed by atoms with Crippen LogP contribution in [0.4, 0.5) is 5.69 Å². The highest BCUT2D eigenvalue weighted by Crippen LogP contribution is 2.31. The third kappa shape index (κ3) is 3.17. The van der Waals surface area contributed by atoms with E-state index in [1.54, 1.807) is 44.2 Å². The molecule has 2 aromatic carbocycles. The molecule has 6 heteroatoms. The average Bonchev–Trinajstić information content (AvgIpc) is 2.42. The summed E-state index contributed by atoms with van der Waals surface area (Å²) in [6.45, 7) is 3.43. The van der Waals surface area contributed by atoms with Gasteiger partial charge in [0.05, 0.1) is 4.92 Å². The summed E-state index contributed by atoms with van der Waals surface area (Å²) in [5, 5.41) is 18.2. The molecule has 0 fully saturated rings. The zero-order chi connectivity index (χ0) is 15.6. The zero-order valence-corrected chi connectivity index (χ0v) is 11.7. The summed E-state index contributed by atoms with van der Waals surface area (Å²) in [5.41, 5.74) is 7.30. The maximum atomic E-state index is 10.9. The minimum atomic E-state index is -0.409. The van der Waals surface area contributed by atoms with Gasteiger partial charge in [-0.3, -0.25) is 15.5 Å². The van der Waals surface area contributed by atoms with Crippen molar-refractivity contribution in [1.29, 1.82) is 5.41 Å².